The molecule has 1 heteroatoms. The summed E-state index contributed by atoms with van der Waals surface area (Å²) in [4.78, 5) is 0. The average Bonchev–Trinajstić information content (AvgIpc) is 2.03. The first-order chi connectivity index (χ1) is 5.29. The Balaban J connectivity index is 2.39. The fourth-order valence-electron chi connectivity index (χ4n) is 1.62. The standard InChI is InChI=1S/C10H17N/c1-3-9-7-10(8(9)2)5-4-6-11/h3-5,8,10H,6-7,11H2,1-2H3/b5-4-,9-3+. The van der Waals surface area contributed by atoms with Crippen LogP contribution in [-0.4, -0.2) is 6.54 Å². The van der Waals surface area contributed by atoms with E-state index in [2.05, 4.69) is 32.1 Å². The molecule has 1 nitrogen and oxygen atoms in total. The third-order valence-corrected chi connectivity index (χ3v) is 2.59. The van der Waals surface area contributed by atoms with Crippen molar-refractivity contribution in [1.82, 2.24) is 0 Å². The molecule has 0 spiro atoms. The molecule has 1 fully saturated rings. The Morgan fingerprint density at radius 3 is 2.82 bits per heavy atom. The number of rotatable bonds is 2. The lowest BCUT2D eigenvalue weighted by Gasteiger charge is -2.35. The van der Waals surface area contributed by atoms with Crippen LogP contribution in [0.15, 0.2) is 23.8 Å². The topological polar surface area (TPSA) is 26.0 Å². The molecule has 1 aliphatic carbocycles. The molecule has 0 radical (unpaired) electrons. The first-order valence-corrected chi connectivity index (χ1v) is 4.31. The number of allylic oxidation sites excluding steroid dienone is 3. The van der Waals surface area contributed by atoms with Gasteiger partial charge < -0.3 is 5.73 Å². The van der Waals surface area contributed by atoms with Gasteiger partial charge in [-0.1, -0.05) is 30.7 Å². The van der Waals surface area contributed by atoms with Gasteiger partial charge in [-0.05, 0) is 25.2 Å². The molecule has 1 rings (SSSR count). The number of hydrogen-bond acceptors (Lipinski definition) is 1. The zero-order valence-electron chi connectivity index (χ0n) is 7.38. The van der Waals surface area contributed by atoms with Crippen molar-refractivity contribution in [1.29, 1.82) is 0 Å². The minimum atomic E-state index is 0.675. The van der Waals surface area contributed by atoms with Crippen LogP contribution in [0.5, 0.6) is 0 Å². The quantitative estimate of drug-likeness (QED) is 0.601. The van der Waals surface area contributed by atoms with E-state index in [-0.39, 0.29) is 0 Å². The summed E-state index contributed by atoms with van der Waals surface area (Å²) in [6, 6.07) is 0. The molecule has 11 heavy (non-hydrogen) atoms. The SMILES string of the molecule is C/C=C1\CC(/C=C\CN)C1C. The normalized spacial score (nSPS) is 34.6. The lowest BCUT2D eigenvalue weighted by Crippen LogP contribution is -2.24. The third-order valence-electron chi connectivity index (χ3n) is 2.59. The highest BCUT2D eigenvalue weighted by molar-refractivity contribution is 5.21. The predicted octanol–water partition coefficient (Wildman–Crippen LogP) is 2.10. The molecule has 1 aliphatic rings. The molecule has 0 bridgehead atoms. The highest BCUT2D eigenvalue weighted by atomic mass is 14.5. The molecule has 2 atom stereocenters. The van der Waals surface area contributed by atoms with E-state index in [1.54, 1.807) is 5.57 Å². The summed E-state index contributed by atoms with van der Waals surface area (Å²) in [5, 5.41) is 0. The van der Waals surface area contributed by atoms with Gasteiger partial charge in [0.25, 0.3) is 0 Å². The van der Waals surface area contributed by atoms with Gasteiger partial charge in [-0.15, -0.1) is 0 Å². The molecule has 1 saturated carbocycles. The van der Waals surface area contributed by atoms with Crippen LogP contribution in [-0.2, 0) is 0 Å². The molecule has 0 aromatic carbocycles. The van der Waals surface area contributed by atoms with Gasteiger partial charge in [0.15, 0.2) is 0 Å². The van der Waals surface area contributed by atoms with Gasteiger partial charge >= 0.3 is 0 Å². The van der Waals surface area contributed by atoms with Crippen LogP contribution in [0.2, 0.25) is 0 Å². The molecule has 0 amide bonds. The fourth-order valence-corrected chi connectivity index (χ4v) is 1.62. The van der Waals surface area contributed by atoms with E-state index in [9.17, 15) is 0 Å². The lowest BCUT2D eigenvalue weighted by atomic mass is 9.70. The van der Waals surface area contributed by atoms with Crippen LogP contribution < -0.4 is 5.73 Å². The van der Waals surface area contributed by atoms with Crippen LogP contribution >= 0.6 is 0 Å². The van der Waals surface area contributed by atoms with E-state index in [0.29, 0.717) is 6.54 Å². The molecular formula is C10H17N. The molecule has 0 heterocycles. The lowest BCUT2D eigenvalue weighted by molar-refractivity contribution is 0.366. The van der Waals surface area contributed by atoms with Gasteiger partial charge in [-0.2, -0.15) is 0 Å². The Labute approximate surface area is 69.0 Å². The summed E-state index contributed by atoms with van der Waals surface area (Å²) >= 11 is 0. The van der Waals surface area contributed by atoms with Crippen molar-refractivity contribution in [2.24, 2.45) is 17.6 Å². The van der Waals surface area contributed by atoms with Crippen molar-refractivity contribution in [2.75, 3.05) is 6.54 Å². The largest absolute Gasteiger partial charge is 0.327 e. The van der Waals surface area contributed by atoms with E-state index < -0.39 is 0 Å². The Bertz CT molecular complexity index is 179. The van der Waals surface area contributed by atoms with Crippen molar-refractivity contribution >= 4 is 0 Å². The molecular weight excluding hydrogens is 134 g/mol. The van der Waals surface area contributed by atoms with E-state index in [1.807, 2.05) is 0 Å². The molecule has 0 aliphatic heterocycles. The molecule has 2 N–H and O–H groups in total. The first kappa shape index (κ1) is 8.54. The number of nitrogens with two attached hydrogens (primary N) is 1. The monoisotopic (exact) mass is 151 g/mol. The fraction of sp³-hybridized carbons (Fsp3) is 0.600. The Morgan fingerprint density at radius 1 is 1.64 bits per heavy atom. The van der Waals surface area contributed by atoms with E-state index in [1.165, 1.54) is 6.42 Å². The second-order valence-electron chi connectivity index (χ2n) is 3.18. The molecule has 0 saturated heterocycles. The predicted molar refractivity (Wildman–Crippen MR) is 49.2 cm³/mol. The van der Waals surface area contributed by atoms with E-state index in [0.717, 1.165) is 11.8 Å². The second kappa shape index (κ2) is 3.72. The van der Waals surface area contributed by atoms with Crippen LogP contribution in [0.4, 0.5) is 0 Å². The summed E-state index contributed by atoms with van der Waals surface area (Å²) in [7, 11) is 0. The highest BCUT2D eigenvalue weighted by Gasteiger charge is 2.28. The van der Waals surface area contributed by atoms with Gasteiger partial charge in [0.1, 0.15) is 0 Å². The van der Waals surface area contributed by atoms with Crippen molar-refractivity contribution < 1.29 is 0 Å². The highest BCUT2D eigenvalue weighted by Crippen LogP contribution is 2.40. The second-order valence-corrected chi connectivity index (χ2v) is 3.18. The summed E-state index contributed by atoms with van der Waals surface area (Å²) in [6.07, 6.45) is 7.79. The van der Waals surface area contributed by atoms with Gasteiger partial charge in [0.2, 0.25) is 0 Å². The Morgan fingerprint density at radius 2 is 2.36 bits per heavy atom. The first-order valence-electron chi connectivity index (χ1n) is 4.31. The Hall–Kier alpha value is -0.560. The maximum absolute atomic E-state index is 5.37. The van der Waals surface area contributed by atoms with Crippen molar-refractivity contribution in [2.45, 2.75) is 20.3 Å². The smallest absolute Gasteiger partial charge is 0.0106 e. The van der Waals surface area contributed by atoms with Crippen LogP contribution in [0.3, 0.4) is 0 Å². The minimum absolute atomic E-state index is 0.675. The maximum Gasteiger partial charge on any atom is 0.0106 e. The minimum Gasteiger partial charge on any atom is -0.327 e. The number of hydrogen-bond donors (Lipinski definition) is 1. The van der Waals surface area contributed by atoms with E-state index in [4.69, 9.17) is 5.73 Å². The molecule has 0 aromatic rings. The Kier molecular flexibility index (Phi) is 2.89. The average molecular weight is 151 g/mol. The van der Waals surface area contributed by atoms with E-state index >= 15 is 0 Å². The molecule has 2 unspecified atom stereocenters. The zero-order chi connectivity index (χ0) is 8.27. The summed E-state index contributed by atoms with van der Waals surface area (Å²) < 4.78 is 0. The van der Waals surface area contributed by atoms with Crippen molar-refractivity contribution in [3.8, 4) is 0 Å². The summed E-state index contributed by atoms with van der Waals surface area (Å²) in [5.74, 6) is 1.51. The summed E-state index contributed by atoms with van der Waals surface area (Å²) in [6.45, 7) is 5.08. The third kappa shape index (κ3) is 1.72. The molecule has 62 valence electrons. The molecule has 0 aromatic heterocycles. The maximum atomic E-state index is 5.37. The van der Waals surface area contributed by atoms with Gasteiger partial charge in [-0.25, -0.2) is 0 Å². The van der Waals surface area contributed by atoms with Crippen LogP contribution in [0.1, 0.15) is 20.3 Å². The van der Waals surface area contributed by atoms with Gasteiger partial charge in [-0.3, -0.25) is 0 Å². The van der Waals surface area contributed by atoms with Crippen molar-refractivity contribution in [3.05, 3.63) is 23.8 Å². The summed E-state index contributed by atoms with van der Waals surface area (Å²) in [5.41, 5.74) is 6.96. The van der Waals surface area contributed by atoms with Crippen molar-refractivity contribution in [3.63, 3.8) is 0 Å². The zero-order valence-corrected chi connectivity index (χ0v) is 7.38. The van der Waals surface area contributed by atoms with Crippen LogP contribution in [0.25, 0.3) is 0 Å². The van der Waals surface area contributed by atoms with Gasteiger partial charge in [0, 0.05) is 6.54 Å². The van der Waals surface area contributed by atoms with Gasteiger partial charge in [0.05, 0.1) is 0 Å². The van der Waals surface area contributed by atoms with Crippen LogP contribution in [0, 0.1) is 11.8 Å².